The smallest absolute Gasteiger partial charge is 0.0643 e. The molecule has 2 rings (SSSR count). The zero-order chi connectivity index (χ0) is 9.97. The van der Waals surface area contributed by atoms with Crippen LogP contribution >= 0.6 is 0 Å². The molecule has 0 radical (unpaired) electrons. The molecule has 1 aliphatic rings. The third-order valence-corrected chi connectivity index (χ3v) is 2.67. The van der Waals surface area contributed by atoms with Gasteiger partial charge in [0, 0.05) is 6.04 Å². The first-order chi connectivity index (χ1) is 6.75. The van der Waals surface area contributed by atoms with Gasteiger partial charge in [-0.25, -0.2) is 0 Å². The van der Waals surface area contributed by atoms with Crippen molar-refractivity contribution in [3.05, 3.63) is 35.4 Å². The normalized spacial score (nSPS) is 19.0. The first-order valence-corrected chi connectivity index (χ1v) is 5.16. The van der Waals surface area contributed by atoms with Gasteiger partial charge in [0.25, 0.3) is 0 Å². The number of rotatable bonds is 3. The Bertz CT molecular complexity index is 307. The summed E-state index contributed by atoms with van der Waals surface area (Å²) in [5, 5.41) is 3.53. The molecule has 0 aromatic heterocycles. The van der Waals surface area contributed by atoms with Crippen molar-refractivity contribution in [2.24, 2.45) is 0 Å². The molecular formula is C12H17NO. The fourth-order valence-corrected chi connectivity index (χ4v) is 1.72. The van der Waals surface area contributed by atoms with Gasteiger partial charge in [-0.15, -0.1) is 0 Å². The minimum Gasteiger partial charge on any atom is -0.378 e. The maximum atomic E-state index is 5.13. The Morgan fingerprint density at radius 3 is 2.79 bits per heavy atom. The van der Waals surface area contributed by atoms with Gasteiger partial charge in [0.1, 0.15) is 0 Å². The van der Waals surface area contributed by atoms with Crippen LogP contribution in [0.1, 0.15) is 24.1 Å². The van der Waals surface area contributed by atoms with Gasteiger partial charge >= 0.3 is 0 Å². The average molecular weight is 191 g/mol. The SMILES string of the molecule is Cc1cccc([C@H](C)NC2COC2)c1. The second-order valence-electron chi connectivity index (χ2n) is 4.04. The summed E-state index contributed by atoms with van der Waals surface area (Å²) in [6, 6.07) is 9.61. The lowest BCUT2D eigenvalue weighted by atomic mass is 10.0. The quantitative estimate of drug-likeness (QED) is 0.789. The van der Waals surface area contributed by atoms with Crippen molar-refractivity contribution in [2.75, 3.05) is 13.2 Å². The predicted octanol–water partition coefficient (Wildman–Crippen LogP) is 2.04. The third kappa shape index (κ3) is 2.14. The van der Waals surface area contributed by atoms with E-state index in [-0.39, 0.29) is 0 Å². The minimum absolute atomic E-state index is 0.420. The molecule has 0 unspecified atom stereocenters. The van der Waals surface area contributed by atoms with E-state index in [1.807, 2.05) is 0 Å². The molecule has 0 saturated carbocycles. The average Bonchev–Trinajstić information content (AvgIpc) is 2.11. The van der Waals surface area contributed by atoms with Crippen LogP contribution in [0.3, 0.4) is 0 Å². The van der Waals surface area contributed by atoms with Crippen LogP contribution in [0.25, 0.3) is 0 Å². The highest BCUT2D eigenvalue weighted by atomic mass is 16.5. The van der Waals surface area contributed by atoms with Gasteiger partial charge in [0.2, 0.25) is 0 Å². The molecule has 2 heteroatoms. The van der Waals surface area contributed by atoms with Crippen LogP contribution in [-0.2, 0) is 4.74 Å². The summed E-state index contributed by atoms with van der Waals surface area (Å²) in [4.78, 5) is 0. The van der Waals surface area contributed by atoms with E-state index in [1.54, 1.807) is 0 Å². The van der Waals surface area contributed by atoms with Crippen LogP contribution in [0.4, 0.5) is 0 Å². The van der Waals surface area contributed by atoms with E-state index < -0.39 is 0 Å². The predicted molar refractivity (Wildman–Crippen MR) is 57.3 cm³/mol. The van der Waals surface area contributed by atoms with Gasteiger partial charge in [-0.05, 0) is 19.4 Å². The van der Waals surface area contributed by atoms with Crippen molar-refractivity contribution in [1.29, 1.82) is 0 Å². The summed E-state index contributed by atoms with van der Waals surface area (Å²) in [5.41, 5.74) is 2.68. The maximum Gasteiger partial charge on any atom is 0.0643 e. The van der Waals surface area contributed by atoms with E-state index in [1.165, 1.54) is 11.1 Å². The van der Waals surface area contributed by atoms with Crippen LogP contribution in [0.2, 0.25) is 0 Å². The van der Waals surface area contributed by atoms with Gasteiger partial charge in [0.15, 0.2) is 0 Å². The van der Waals surface area contributed by atoms with Crippen molar-refractivity contribution < 1.29 is 4.74 Å². The van der Waals surface area contributed by atoms with E-state index in [9.17, 15) is 0 Å². The van der Waals surface area contributed by atoms with Gasteiger partial charge < -0.3 is 10.1 Å². The van der Waals surface area contributed by atoms with Crippen molar-refractivity contribution in [3.8, 4) is 0 Å². The molecule has 14 heavy (non-hydrogen) atoms. The summed E-state index contributed by atoms with van der Waals surface area (Å²) in [7, 11) is 0. The Kier molecular flexibility index (Phi) is 2.85. The molecule has 76 valence electrons. The first-order valence-electron chi connectivity index (χ1n) is 5.16. The molecular weight excluding hydrogens is 174 g/mol. The number of hydrogen-bond donors (Lipinski definition) is 1. The van der Waals surface area contributed by atoms with E-state index in [0.717, 1.165) is 13.2 Å². The number of ether oxygens (including phenoxy) is 1. The minimum atomic E-state index is 0.420. The second kappa shape index (κ2) is 4.11. The Morgan fingerprint density at radius 1 is 1.43 bits per heavy atom. The van der Waals surface area contributed by atoms with E-state index >= 15 is 0 Å². The Morgan fingerprint density at radius 2 is 2.21 bits per heavy atom. The first kappa shape index (κ1) is 9.69. The second-order valence-corrected chi connectivity index (χ2v) is 4.04. The lowest BCUT2D eigenvalue weighted by Gasteiger charge is -2.30. The molecule has 1 N–H and O–H groups in total. The highest BCUT2D eigenvalue weighted by Gasteiger charge is 2.20. The van der Waals surface area contributed by atoms with Crippen molar-refractivity contribution in [2.45, 2.75) is 25.9 Å². The number of benzene rings is 1. The highest BCUT2D eigenvalue weighted by Crippen LogP contribution is 2.15. The molecule has 0 amide bonds. The molecule has 2 nitrogen and oxygen atoms in total. The summed E-state index contributed by atoms with van der Waals surface area (Å²) in [6.07, 6.45) is 0. The van der Waals surface area contributed by atoms with Crippen molar-refractivity contribution in [3.63, 3.8) is 0 Å². The Labute approximate surface area is 85.3 Å². The molecule has 1 aliphatic heterocycles. The molecule has 0 spiro atoms. The van der Waals surface area contributed by atoms with Crippen LogP contribution in [-0.4, -0.2) is 19.3 Å². The zero-order valence-electron chi connectivity index (χ0n) is 8.79. The lowest BCUT2D eigenvalue weighted by molar-refractivity contribution is -0.00925. The number of hydrogen-bond acceptors (Lipinski definition) is 2. The highest BCUT2D eigenvalue weighted by molar-refractivity contribution is 5.24. The maximum absolute atomic E-state index is 5.13. The summed E-state index contributed by atoms with van der Waals surface area (Å²) in [5.74, 6) is 0. The number of aryl methyl sites for hydroxylation is 1. The zero-order valence-corrected chi connectivity index (χ0v) is 8.79. The van der Waals surface area contributed by atoms with Crippen molar-refractivity contribution >= 4 is 0 Å². The van der Waals surface area contributed by atoms with Gasteiger partial charge in [-0.2, -0.15) is 0 Å². The molecule has 0 bridgehead atoms. The Balaban J connectivity index is 1.98. The number of nitrogens with one attached hydrogen (secondary N) is 1. The monoisotopic (exact) mass is 191 g/mol. The fraction of sp³-hybridized carbons (Fsp3) is 0.500. The summed E-state index contributed by atoms with van der Waals surface area (Å²) >= 11 is 0. The van der Waals surface area contributed by atoms with Crippen LogP contribution in [0, 0.1) is 6.92 Å². The van der Waals surface area contributed by atoms with Crippen LogP contribution < -0.4 is 5.32 Å². The largest absolute Gasteiger partial charge is 0.378 e. The summed E-state index contributed by atoms with van der Waals surface area (Å²) in [6.45, 7) is 6.04. The molecule has 1 atom stereocenters. The van der Waals surface area contributed by atoms with E-state index in [4.69, 9.17) is 4.74 Å². The standard InChI is InChI=1S/C12H17NO/c1-9-4-3-5-11(6-9)10(2)13-12-7-14-8-12/h3-6,10,12-13H,7-8H2,1-2H3/t10-/m0/s1. The van der Waals surface area contributed by atoms with Gasteiger partial charge in [-0.1, -0.05) is 29.8 Å². The lowest BCUT2D eigenvalue weighted by Crippen LogP contribution is -2.46. The van der Waals surface area contributed by atoms with Crippen LogP contribution in [0.5, 0.6) is 0 Å². The van der Waals surface area contributed by atoms with E-state index in [0.29, 0.717) is 12.1 Å². The third-order valence-electron chi connectivity index (χ3n) is 2.67. The molecule has 1 heterocycles. The van der Waals surface area contributed by atoms with Gasteiger partial charge in [-0.3, -0.25) is 0 Å². The molecule has 1 fully saturated rings. The Hall–Kier alpha value is -0.860. The fourth-order valence-electron chi connectivity index (χ4n) is 1.72. The van der Waals surface area contributed by atoms with Gasteiger partial charge in [0.05, 0.1) is 19.3 Å². The molecule has 1 aromatic carbocycles. The van der Waals surface area contributed by atoms with Crippen molar-refractivity contribution in [1.82, 2.24) is 5.32 Å². The molecule has 1 saturated heterocycles. The topological polar surface area (TPSA) is 21.3 Å². The summed E-state index contributed by atoms with van der Waals surface area (Å²) < 4.78 is 5.13. The van der Waals surface area contributed by atoms with E-state index in [2.05, 4.69) is 43.4 Å². The molecule has 1 aromatic rings. The molecule has 0 aliphatic carbocycles. The van der Waals surface area contributed by atoms with Crippen LogP contribution in [0.15, 0.2) is 24.3 Å².